The van der Waals surface area contributed by atoms with E-state index in [0.717, 1.165) is 19.3 Å². The summed E-state index contributed by atoms with van der Waals surface area (Å²) in [6, 6.07) is -0.686. The van der Waals surface area contributed by atoms with Gasteiger partial charge in [0.25, 0.3) is 0 Å². The molecule has 3 N–H and O–H groups in total. The molecule has 96 valence electrons. The van der Waals surface area contributed by atoms with Crippen LogP contribution in [0.3, 0.4) is 0 Å². The Kier molecular flexibility index (Phi) is 9.24. The van der Waals surface area contributed by atoms with Crippen molar-refractivity contribution < 1.29 is 14.6 Å². The van der Waals surface area contributed by atoms with Crippen LogP contribution in [0.25, 0.3) is 0 Å². The van der Waals surface area contributed by atoms with Crippen molar-refractivity contribution in [2.24, 2.45) is 11.7 Å². The molecule has 0 radical (unpaired) electrons. The zero-order valence-corrected chi connectivity index (χ0v) is 10.4. The second-order valence-corrected chi connectivity index (χ2v) is 4.17. The Labute approximate surface area is 98.2 Å². The zero-order chi connectivity index (χ0) is 12.4. The summed E-state index contributed by atoms with van der Waals surface area (Å²) in [7, 11) is 0. The van der Waals surface area contributed by atoms with Gasteiger partial charge in [0.15, 0.2) is 0 Å². The predicted octanol–water partition coefficient (Wildman–Crippen LogP) is 1.46. The quantitative estimate of drug-likeness (QED) is 0.589. The standard InChI is InChI=1S/C12H25NO3/c1-3-5-6-10(4-2)9-16-12(15)11(13)7-8-14/h10-11,14H,3-9,13H2,1-2H3/t10?,11-/m0/s1. The SMILES string of the molecule is CCCCC(CC)COC(=O)[C@@H](N)CCO. The molecule has 0 fully saturated rings. The van der Waals surface area contributed by atoms with Crippen LogP contribution in [0.15, 0.2) is 0 Å². The topological polar surface area (TPSA) is 72.5 Å². The van der Waals surface area contributed by atoms with E-state index in [1.54, 1.807) is 0 Å². The number of unbranched alkanes of at least 4 members (excludes halogenated alkanes) is 1. The van der Waals surface area contributed by atoms with Crippen LogP contribution in [-0.4, -0.2) is 30.3 Å². The second kappa shape index (κ2) is 9.60. The van der Waals surface area contributed by atoms with E-state index in [1.165, 1.54) is 6.42 Å². The molecule has 2 atom stereocenters. The molecular weight excluding hydrogens is 206 g/mol. The Morgan fingerprint density at radius 2 is 2.06 bits per heavy atom. The van der Waals surface area contributed by atoms with E-state index in [0.29, 0.717) is 12.5 Å². The van der Waals surface area contributed by atoms with Crippen LogP contribution in [0.5, 0.6) is 0 Å². The van der Waals surface area contributed by atoms with Crippen LogP contribution in [0.1, 0.15) is 46.0 Å². The number of hydrogen-bond acceptors (Lipinski definition) is 4. The molecule has 0 saturated heterocycles. The highest BCUT2D eigenvalue weighted by molar-refractivity contribution is 5.75. The summed E-state index contributed by atoms with van der Waals surface area (Å²) in [5.41, 5.74) is 5.52. The molecule has 0 bridgehead atoms. The first-order valence-electron chi connectivity index (χ1n) is 6.18. The van der Waals surface area contributed by atoms with Gasteiger partial charge in [-0.15, -0.1) is 0 Å². The summed E-state index contributed by atoms with van der Waals surface area (Å²) in [4.78, 5) is 11.4. The minimum atomic E-state index is -0.686. The minimum absolute atomic E-state index is 0.0801. The third kappa shape index (κ3) is 6.80. The fourth-order valence-corrected chi connectivity index (χ4v) is 1.46. The molecule has 0 spiro atoms. The highest BCUT2D eigenvalue weighted by Crippen LogP contribution is 2.13. The molecule has 0 aromatic carbocycles. The molecule has 0 aliphatic rings. The minimum Gasteiger partial charge on any atom is -0.464 e. The summed E-state index contributed by atoms with van der Waals surface area (Å²) in [6.45, 7) is 4.62. The number of rotatable bonds is 9. The fourth-order valence-electron chi connectivity index (χ4n) is 1.46. The third-order valence-corrected chi connectivity index (χ3v) is 2.75. The van der Waals surface area contributed by atoms with Crippen molar-refractivity contribution in [3.05, 3.63) is 0 Å². The molecule has 1 unspecified atom stereocenters. The average Bonchev–Trinajstić information content (AvgIpc) is 2.29. The van der Waals surface area contributed by atoms with Gasteiger partial charge < -0.3 is 15.6 Å². The van der Waals surface area contributed by atoms with Crippen molar-refractivity contribution in [2.45, 2.75) is 52.0 Å². The molecule has 4 heteroatoms. The lowest BCUT2D eigenvalue weighted by Gasteiger charge is -2.16. The van der Waals surface area contributed by atoms with Gasteiger partial charge in [0, 0.05) is 6.61 Å². The van der Waals surface area contributed by atoms with E-state index < -0.39 is 12.0 Å². The van der Waals surface area contributed by atoms with Crippen molar-refractivity contribution in [3.63, 3.8) is 0 Å². The van der Waals surface area contributed by atoms with Gasteiger partial charge in [-0.1, -0.05) is 33.1 Å². The number of hydrogen-bond donors (Lipinski definition) is 2. The number of esters is 1. The summed E-state index contributed by atoms with van der Waals surface area (Å²) in [6.07, 6.45) is 4.70. The molecule has 0 saturated carbocycles. The highest BCUT2D eigenvalue weighted by Gasteiger charge is 2.16. The van der Waals surface area contributed by atoms with Gasteiger partial charge in [-0.2, -0.15) is 0 Å². The molecule has 4 nitrogen and oxygen atoms in total. The number of ether oxygens (including phenoxy) is 1. The normalized spacial score (nSPS) is 14.5. The molecule has 0 aliphatic carbocycles. The summed E-state index contributed by atoms with van der Waals surface area (Å²) < 4.78 is 5.13. The summed E-state index contributed by atoms with van der Waals surface area (Å²) >= 11 is 0. The smallest absolute Gasteiger partial charge is 0.323 e. The zero-order valence-electron chi connectivity index (χ0n) is 10.4. The van der Waals surface area contributed by atoms with Crippen molar-refractivity contribution in [1.29, 1.82) is 0 Å². The maximum atomic E-state index is 11.4. The van der Waals surface area contributed by atoms with E-state index in [2.05, 4.69) is 13.8 Å². The van der Waals surface area contributed by atoms with Gasteiger partial charge in [0.05, 0.1) is 6.61 Å². The van der Waals surface area contributed by atoms with Crippen LogP contribution >= 0.6 is 0 Å². The van der Waals surface area contributed by atoms with E-state index >= 15 is 0 Å². The van der Waals surface area contributed by atoms with Gasteiger partial charge in [-0.05, 0) is 18.8 Å². The molecule has 16 heavy (non-hydrogen) atoms. The lowest BCUT2D eigenvalue weighted by Crippen LogP contribution is -2.34. The van der Waals surface area contributed by atoms with Gasteiger partial charge in [0.1, 0.15) is 6.04 Å². The molecule has 0 rings (SSSR count). The van der Waals surface area contributed by atoms with Crippen LogP contribution in [0, 0.1) is 5.92 Å². The van der Waals surface area contributed by atoms with Crippen LogP contribution in [-0.2, 0) is 9.53 Å². The number of aliphatic hydroxyl groups is 1. The Hall–Kier alpha value is -0.610. The largest absolute Gasteiger partial charge is 0.464 e. The maximum Gasteiger partial charge on any atom is 0.323 e. The number of carbonyl (C=O) groups is 1. The second-order valence-electron chi connectivity index (χ2n) is 4.17. The van der Waals surface area contributed by atoms with Crippen molar-refractivity contribution >= 4 is 5.97 Å². The van der Waals surface area contributed by atoms with E-state index in [9.17, 15) is 4.79 Å². The molecular formula is C12H25NO3. The Bertz CT molecular complexity index is 185. The van der Waals surface area contributed by atoms with Gasteiger partial charge in [-0.25, -0.2) is 0 Å². The Morgan fingerprint density at radius 3 is 2.56 bits per heavy atom. The van der Waals surface area contributed by atoms with Crippen molar-refractivity contribution in [3.8, 4) is 0 Å². The number of nitrogens with two attached hydrogens (primary N) is 1. The predicted molar refractivity (Wildman–Crippen MR) is 63.9 cm³/mol. The van der Waals surface area contributed by atoms with Gasteiger partial charge >= 0.3 is 5.97 Å². The van der Waals surface area contributed by atoms with Gasteiger partial charge in [0.2, 0.25) is 0 Å². The van der Waals surface area contributed by atoms with E-state index in [1.807, 2.05) is 0 Å². The highest BCUT2D eigenvalue weighted by atomic mass is 16.5. The monoisotopic (exact) mass is 231 g/mol. The lowest BCUT2D eigenvalue weighted by atomic mass is 10.0. The van der Waals surface area contributed by atoms with E-state index in [-0.39, 0.29) is 13.0 Å². The van der Waals surface area contributed by atoms with Gasteiger partial charge in [-0.3, -0.25) is 4.79 Å². The van der Waals surface area contributed by atoms with Crippen molar-refractivity contribution in [2.75, 3.05) is 13.2 Å². The fraction of sp³-hybridized carbons (Fsp3) is 0.917. The molecule has 0 heterocycles. The van der Waals surface area contributed by atoms with Crippen molar-refractivity contribution in [1.82, 2.24) is 0 Å². The van der Waals surface area contributed by atoms with E-state index in [4.69, 9.17) is 15.6 Å². The Balaban J connectivity index is 3.78. The maximum absolute atomic E-state index is 11.4. The third-order valence-electron chi connectivity index (χ3n) is 2.75. The lowest BCUT2D eigenvalue weighted by molar-refractivity contribution is -0.147. The number of carbonyl (C=O) groups excluding carboxylic acids is 1. The molecule has 0 aliphatic heterocycles. The molecule has 0 aromatic heterocycles. The summed E-state index contributed by atoms with van der Waals surface area (Å²) in [5, 5.41) is 8.64. The average molecular weight is 231 g/mol. The number of aliphatic hydroxyl groups excluding tert-OH is 1. The first-order chi connectivity index (χ1) is 7.65. The summed E-state index contributed by atoms with van der Waals surface area (Å²) in [5.74, 6) is 0.0363. The van der Waals surface area contributed by atoms with Crippen LogP contribution < -0.4 is 5.73 Å². The Morgan fingerprint density at radius 1 is 1.38 bits per heavy atom. The first-order valence-corrected chi connectivity index (χ1v) is 6.18. The van der Waals surface area contributed by atoms with Crippen LogP contribution in [0.4, 0.5) is 0 Å². The molecule has 0 aromatic rings. The first kappa shape index (κ1) is 15.4. The van der Waals surface area contributed by atoms with Crippen LogP contribution in [0.2, 0.25) is 0 Å². The molecule has 0 amide bonds.